The smallest absolute Gasteiger partial charge is 0.0589 e. The van der Waals surface area contributed by atoms with Crippen molar-refractivity contribution in [2.24, 2.45) is 5.92 Å². The number of hydrogen-bond donors (Lipinski definition) is 1. The maximum Gasteiger partial charge on any atom is 0.0589 e. The van der Waals surface area contributed by atoms with E-state index in [2.05, 4.69) is 18.7 Å². The van der Waals surface area contributed by atoms with Gasteiger partial charge in [-0.2, -0.15) is 0 Å². The van der Waals surface area contributed by atoms with Gasteiger partial charge < -0.3 is 14.7 Å². The molecule has 3 nitrogen and oxygen atoms in total. The molecule has 0 unspecified atom stereocenters. The predicted octanol–water partition coefficient (Wildman–Crippen LogP) is 2.14. The number of ether oxygens (including phenoxy) is 1. The van der Waals surface area contributed by atoms with E-state index in [1.54, 1.807) is 7.11 Å². The van der Waals surface area contributed by atoms with E-state index in [4.69, 9.17) is 9.84 Å². The van der Waals surface area contributed by atoms with Gasteiger partial charge in [0.1, 0.15) is 0 Å². The molecule has 3 heteroatoms. The van der Waals surface area contributed by atoms with E-state index >= 15 is 0 Å². The van der Waals surface area contributed by atoms with E-state index in [0.717, 1.165) is 39.1 Å². The summed E-state index contributed by atoms with van der Waals surface area (Å²) in [4.78, 5) is 2.48. The van der Waals surface area contributed by atoms with Crippen LogP contribution < -0.4 is 0 Å². The fourth-order valence-electron chi connectivity index (χ4n) is 1.83. The topological polar surface area (TPSA) is 32.7 Å². The first-order valence-electron chi connectivity index (χ1n) is 6.52. The summed E-state index contributed by atoms with van der Waals surface area (Å²) in [6.07, 6.45) is 4.55. The zero-order chi connectivity index (χ0) is 12.2. The molecule has 98 valence electrons. The fourth-order valence-corrected chi connectivity index (χ4v) is 1.83. The summed E-state index contributed by atoms with van der Waals surface area (Å²) in [6.45, 7) is 9.02. The van der Waals surface area contributed by atoms with Gasteiger partial charge in [0.25, 0.3) is 0 Å². The molecule has 0 rings (SSSR count). The molecular weight excluding hydrogens is 202 g/mol. The normalized spacial score (nSPS) is 11.6. The number of nitrogens with zero attached hydrogens (tertiary/aromatic N) is 1. The molecule has 16 heavy (non-hydrogen) atoms. The molecule has 0 radical (unpaired) electrons. The Kier molecular flexibility index (Phi) is 11.3. The van der Waals surface area contributed by atoms with Crippen LogP contribution in [0, 0.1) is 5.92 Å². The molecule has 0 fully saturated rings. The molecule has 0 bridgehead atoms. The SMILES string of the molecule is COCCN(CCCCCCO)CC(C)C. The van der Waals surface area contributed by atoms with Crippen molar-refractivity contribution in [1.29, 1.82) is 0 Å². The van der Waals surface area contributed by atoms with E-state index < -0.39 is 0 Å². The molecule has 0 aliphatic carbocycles. The van der Waals surface area contributed by atoms with Crippen molar-refractivity contribution in [3.05, 3.63) is 0 Å². The standard InChI is InChI=1S/C13H29NO2/c1-13(2)12-14(9-11-16-3)8-6-4-5-7-10-15/h13,15H,4-12H2,1-3H3. The number of rotatable bonds is 11. The van der Waals surface area contributed by atoms with E-state index in [0.29, 0.717) is 12.5 Å². The van der Waals surface area contributed by atoms with Gasteiger partial charge in [-0.1, -0.05) is 26.7 Å². The Bertz CT molecular complexity index is 140. The van der Waals surface area contributed by atoms with Gasteiger partial charge in [0, 0.05) is 26.8 Å². The Labute approximate surface area is 101 Å². The second-order valence-corrected chi connectivity index (χ2v) is 4.83. The Morgan fingerprint density at radius 1 is 1.06 bits per heavy atom. The third-order valence-electron chi connectivity index (χ3n) is 2.62. The van der Waals surface area contributed by atoms with Crippen molar-refractivity contribution in [1.82, 2.24) is 4.90 Å². The highest BCUT2D eigenvalue weighted by atomic mass is 16.5. The van der Waals surface area contributed by atoms with Gasteiger partial charge in [0.15, 0.2) is 0 Å². The van der Waals surface area contributed by atoms with Crippen LogP contribution in [0.15, 0.2) is 0 Å². The largest absolute Gasteiger partial charge is 0.396 e. The van der Waals surface area contributed by atoms with Gasteiger partial charge in [-0.15, -0.1) is 0 Å². The van der Waals surface area contributed by atoms with Crippen LogP contribution in [0.2, 0.25) is 0 Å². The number of unbranched alkanes of at least 4 members (excludes halogenated alkanes) is 3. The summed E-state index contributed by atoms with van der Waals surface area (Å²) in [7, 11) is 1.76. The van der Waals surface area contributed by atoms with Crippen LogP contribution in [0.5, 0.6) is 0 Å². The van der Waals surface area contributed by atoms with Crippen molar-refractivity contribution in [3.8, 4) is 0 Å². The molecule has 0 heterocycles. The predicted molar refractivity (Wildman–Crippen MR) is 68.7 cm³/mol. The monoisotopic (exact) mass is 231 g/mol. The van der Waals surface area contributed by atoms with Gasteiger partial charge in [-0.3, -0.25) is 0 Å². The van der Waals surface area contributed by atoms with Crippen molar-refractivity contribution in [3.63, 3.8) is 0 Å². The fraction of sp³-hybridized carbons (Fsp3) is 1.00. The molecule has 0 aromatic rings. The number of hydrogen-bond acceptors (Lipinski definition) is 3. The highest BCUT2D eigenvalue weighted by molar-refractivity contribution is 4.60. The number of aliphatic hydroxyl groups is 1. The second-order valence-electron chi connectivity index (χ2n) is 4.83. The summed E-state index contributed by atoms with van der Waals surface area (Å²) < 4.78 is 5.12. The van der Waals surface area contributed by atoms with Gasteiger partial charge >= 0.3 is 0 Å². The summed E-state index contributed by atoms with van der Waals surface area (Å²) in [6, 6.07) is 0. The number of methoxy groups -OCH3 is 1. The van der Waals surface area contributed by atoms with Gasteiger partial charge in [-0.05, 0) is 25.3 Å². The Morgan fingerprint density at radius 2 is 1.75 bits per heavy atom. The lowest BCUT2D eigenvalue weighted by Gasteiger charge is -2.23. The Morgan fingerprint density at radius 3 is 2.31 bits per heavy atom. The highest BCUT2D eigenvalue weighted by Gasteiger charge is 2.06. The van der Waals surface area contributed by atoms with Crippen LogP contribution in [0.25, 0.3) is 0 Å². The van der Waals surface area contributed by atoms with Crippen LogP contribution in [-0.4, -0.2) is 50.0 Å². The van der Waals surface area contributed by atoms with Gasteiger partial charge in [0.05, 0.1) is 6.61 Å². The molecular formula is C13H29NO2. The van der Waals surface area contributed by atoms with Gasteiger partial charge in [-0.25, -0.2) is 0 Å². The lowest BCUT2D eigenvalue weighted by Crippen LogP contribution is -2.32. The van der Waals surface area contributed by atoms with Crippen LogP contribution in [0.3, 0.4) is 0 Å². The first-order valence-corrected chi connectivity index (χ1v) is 6.52. The minimum absolute atomic E-state index is 0.333. The zero-order valence-electron chi connectivity index (χ0n) is 11.2. The van der Waals surface area contributed by atoms with Crippen molar-refractivity contribution >= 4 is 0 Å². The molecule has 1 N–H and O–H groups in total. The first-order chi connectivity index (χ1) is 7.70. The summed E-state index contributed by atoms with van der Waals surface area (Å²) in [5, 5.41) is 8.68. The quantitative estimate of drug-likeness (QED) is 0.553. The van der Waals surface area contributed by atoms with E-state index in [1.807, 2.05) is 0 Å². The molecule has 0 saturated heterocycles. The minimum atomic E-state index is 0.333. The third-order valence-corrected chi connectivity index (χ3v) is 2.62. The molecule has 0 aromatic heterocycles. The maximum atomic E-state index is 8.68. The first kappa shape index (κ1) is 15.9. The lowest BCUT2D eigenvalue weighted by atomic mass is 10.1. The summed E-state index contributed by atoms with van der Waals surface area (Å²) >= 11 is 0. The molecule has 0 aliphatic heterocycles. The number of aliphatic hydroxyl groups excluding tert-OH is 1. The molecule has 0 spiro atoms. The van der Waals surface area contributed by atoms with Gasteiger partial charge in [0.2, 0.25) is 0 Å². The molecule has 0 amide bonds. The molecule has 0 atom stereocenters. The summed E-state index contributed by atoms with van der Waals surface area (Å²) in [5.74, 6) is 0.717. The maximum absolute atomic E-state index is 8.68. The van der Waals surface area contributed by atoms with E-state index in [1.165, 1.54) is 12.8 Å². The second kappa shape index (κ2) is 11.4. The van der Waals surface area contributed by atoms with Crippen molar-refractivity contribution in [2.45, 2.75) is 39.5 Å². The van der Waals surface area contributed by atoms with E-state index in [-0.39, 0.29) is 0 Å². The third kappa shape index (κ3) is 10.4. The molecule has 0 aromatic carbocycles. The molecule has 0 aliphatic rings. The van der Waals surface area contributed by atoms with Crippen LogP contribution >= 0.6 is 0 Å². The lowest BCUT2D eigenvalue weighted by molar-refractivity contribution is 0.138. The van der Waals surface area contributed by atoms with E-state index in [9.17, 15) is 0 Å². The van der Waals surface area contributed by atoms with Crippen LogP contribution in [0.1, 0.15) is 39.5 Å². The summed E-state index contributed by atoms with van der Waals surface area (Å²) in [5.41, 5.74) is 0. The minimum Gasteiger partial charge on any atom is -0.396 e. The van der Waals surface area contributed by atoms with Crippen molar-refractivity contribution < 1.29 is 9.84 Å². The van der Waals surface area contributed by atoms with Crippen LogP contribution in [-0.2, 0) is 4.74 Å². The average Bonchev–Trinajstić information content (AvgIpc) is 2.24. The Balaban J connectivity index is 3.56. The average molecular weight is 231 g/mol. The highest BCUT2D eigenvalue weighted by Crippen LogP contribution is 2.04. The van der Waals surface area contributed by atoms with Crippen molar-refractivity contribution in [2.75, 3.05) is 40.0 Å². The van der Waals surface area contributed by atoms with Crippen LogP contribution in [0.4, 0.5) is 0 Å². The zero-order valence-corrected chi connectivity index (χ0v) is 11.2. The Hall–Kier alpha value is -0.120. The molecule has 0 saturated carbocycles.